The Labute approximate surface area is 193 Å². The maximum absolute atomic E-state index is 13.3. The van der Waals surface area contributed by atoms with Crippen molar-refractivity contribution in [2.45, 2.75) is 13.1 Å². The molecule has 3 aromatic carbocycles. The molecule has 4 rings (SSSR count). The van der Waals surface area contributed by atoms with Crippen LogP contribution in [0.2, 0.25) is 0 Å². The molecule has 0 aromatic heterocycles. The maximum atomic E-state index is 13.3. The van der Waals surface area contributed by atoms with Gasteiger partial charge in [-0.15, -0.1) is 0 Å². The predicted molar refractivity (Wildman–Crippen MR) is 119 cm³/mol. The van der Waals surface area contributed by atoms with Crippen LogP contribution in [0.3, 0.4) is 0 Å². The monoisotopic (exact) mass is 469 g/mol. The number of benzene rings is 3. The van der Waals surface area contributed by atoms with Crippen molar-refractivity contribution in [3.05, 3.63) is 101 Å². The molecule has 0 spiro atoms. The zero-order chi connectivity index (χ0) is 24.3. The van der Waals surface area contributed by atoms with Crippen LogP contribution in [-0.4, -0.2) is 19.2 Å². The second kappa shape index (κ2) is 9.45. The fraction of sp³-hybridized carbons (Fsp3) is 0.154. The van der Waals surface area contributed by atoms with Crippen molar-refractivity contribution in [2.24, 2.45) is 0 Å². The van der Waals surface area contributed by atoms with E-state index in [1.165, 1.54) is 36.4 Å². The highest BCUT2D eigenvalue weighted by Gasteiger charge is 2.32. The van der Waals surface area contributed by atoms with E-state index in [-0.39, 0.29) is 13.2 Å². The molecule has 0 N–H and O–H groups in total. The second-order valence-corrected chi connectivity index (χ2v) is 7.36. The van der Waals surface area contributed by atoms with Crippen molar-refractivity contribution in [3.8, 4) is 5.75 Å². The number of nitrogens with zero attached hydrogens (tertiary/aromatic N) is 1. The zero-order valence-electron chi connectivity index (χ0n) is 18.0. The second-order valence-electron chi connectivity index (χ2n) is 7.36. The molecule has 0 atom stereocenters. The third-order valence-corrected chi connectivity index (χ3v) is 5.06. The fourth-order valence-electron chi connectivity index (χ4n) is 3.49. The van der Waals surface area contributed by atoms with Crippen LogP contribution >= 0.6 is 0 Å². The largest absolute Gasteiger partial charge is 0.487 e. The summed E-state index contributed by atoms with van der Waals surface area (Å²) in [6.45, 7) is 1.89. The van der Waals surface area contributed by atoms with Crippen LogP contribution in [0.4, 0.5) is 28.9 Å². The Morgan fingerprint density at radius 2 is 1.79 bits per heavy atom. The normalized spacial score (nSPS) is 12.7. The lowest BCUT2D eigenvalue weighted by atomic mass is 10.0. The lowest BCUT2D eigenvalue weighted by Gasteiger charge is -2.30. The molecule has 0 fully saturated rings. The van der Waals surface area contributed by atoms with E-state index in [1.807, 2.05) is 0 Å². The minimum atomic E-state index is -4.49. The number of hydrogen-bond donors (Lipinski definition) is 0. The van der Waals surface area contributed by atoms with Crippen molar-refractivity contribution in [1.29, 1.82) is 0 Å². The smallest absolute Gasteiger partial charge is 0.416 e. The summed E-state index contributed by atoms with van der Waals surface area (Å²) in [5, 5.41) is 0. The highest BCUT2D eigenvalue weighted by Crippen LogP contribution is 2.39. The summed E-state index contributed by atoms with van der Waals surface area (Å²) in [4.78, 5) is 13.9. The van der Waals surface area contributed by atoms with Crippen LogP contribution in [-0.2, 0) is 10.9 Å². The number of ether oxygens (including phenoxy) is 2. The van der Waals surface area contributed by atoms with Crippen LogP contribution in [0.25, 0.3) is 6.08 Å². The topological polar surface area (TPSA) is 38.8 Å². The minimum Gasteiger partial charge on any atom is -0.487 e. The first-order chi connectivity index (χ1) is 16.3. The molecule has 0 aliphatic carbocycles. The van der Waals surface area contributed by atoms with Gasteiger partial charge in [0.15, 0.2) is 0 Å². The SMILES string of the molecule is CCOC(=O)c1cccc(N2C(COc3ccc(F)cc3)=C=Cc3cc(C(F)(F)F)ccc32)c1. The maximum Gasteiger partial charge on any atom is 0.416 e. The molecule has 4 nitrogen and oxygen atoms in total. The Balaban J connectivity index is 1.75. The van der Waals surface area contributed by atoms with E-state index in [1.54, 1.807) is 36.1 Å². The number of alkyl halides is 3. The first-order valence-electron chi connectivity index (χ1n) is 10.4. The molecule has 1 heterocycles. The lowest BCUT2D eigenvalue weighted by Crippen LogP contribution is -2.24. The fourth-order valence-corrected chi connectivity index (χ4v) is 3.49. The van der Waals surface area contributed by atoms with Gasteiger partial charge in [0.1, 0.15) is 23.9 Å². The summed E-state index contributed by atoms with van der Waals surface area (Å²) in [6.07, 6.45) is -3.03. The van der Waals surface area contributed by atoms with Crippen molar-refractivity contribution < 1.29 is 31.8 Å². The number of halogens is 4. The molecule has 34 heavy (non-hydrogen) atoms. The summed E-state index contributed by atoms with van der Waals surface area (Å²) in [7, 11) is 0. The number of esters is 1. The number of anilines is 2. The van der Waals surface area contributed by atoms with E-state index in [0.717, 1.165) is 12.1 Å². The first-order valence-corrected chi connectivity index (χ1v) is 10.4. The van der Waals surface area contributed by atoms with Gasteiger partial charge in [0.2, 0.25) is 0 Å². The Morgan fingerprint density at radius 1 is 1.03 bits per heavy atom. The molecule has 0 bridgehead atoms. The van der Waals surface area contributed by atoms with Crippen LogP contribution < -0.4 is 9.64 Å². The van der Waals surface area contributed by atoms with Crippen molar-refractivity contribution in [3.63, 3.8) is 0 Å². The van der Waals surface area contributed by atoms with E-state index in [9.17, 15) is 22.4 Å². The van der Waals surface area contributed by atoms with Crippen molar-refractivity contribution in [1.82, 2.24) is 0 Å². The molecule has 3 aromatic rings. The van der Waals surface area contributed by atoms with E-state index in [0.29, 0.717) is 33.9 Å². The van der Waals surface area contributed by atoms with Gasteiger partial charge in [0.25, 0.3) is 0 Å². The molecule has 0 radical (unpaired) electrons. The van der Waals surface area contributed by atoms with E-state index in [4.69, 9.17) is 9.47 Å². The highest BCUT2D eigenvalue weighted by atomic mass is 19.4. The van der Waals surface area contributed by atoms with Crippen LogP contribution in [0.15, 0.2) is 78.2 Å². The summed E-state index contributed by atoms with van der Waals surface area (Å²) >= 11 is 0. The number of fused-ring (bicyclic) bond motifs is 1. The summed E-state index contributed by atoms with van der Waals surface area (Å²) in [5.41, 5.74) is 4.28. The number of rotatable bonds is 6. The van der Waals surface area contributed by atoms with E-state index >= 15 is 0 Å². The molecule has 174 valence electrons. The van der Waals surface area contributed by atoms with Crippen LogP contribution in [0.5, 0.6) is 5.75 Å². The van der Waals surface area contributed by atoms with Crippen LogP contribution in [0.1, 0.15) is 28.4 Å². The van der Waals surface area contributed by atoms with Gasteiger partial charge < -0.3 is 14.4 Å². The van der Waals surface area contributed by atoms with E-state index < -0.39 is 23.5 Å². The predicted octanol–water partition coefficient (Wildman–Crippen LogP) is 6.75. The molecule has 0 amide bonds. The van der Waals surface area contributed by atoms with Gasteiger partial charge in [-0.05, 0) is 73.7 Å². The van der Waals surface area contributed by atoms with Gasteiger partial charge in [-0.25, -0.2) is 9.18 Å². The first kappa shape index (κ1) is 23.1. The third kappa shape index (κ3) is 4.97. The molecule has 1 aliphatic heterocycles. The van der Waals surface area contributed by atoms with Gasteiger partial charge in [-0.3, -0.25) is 0 Å². The van der Waals surface area contributed by atoms with Crippen molar-refractivity contribution in [2.75, 3.05) is 18.1 Å². The molecule has 8 heteroatoms. The van der Waals surface area contributed by atoms with Crippen molar-refractivity contribution >= 4 is 23.4 Å². The number of hydrogen-bond acceptors (Lipinski definition) is 4. The standard InChI is InChI=1S/C26H19F4NO3/c1-2-33-25(32)18-4-3-5-21(15-18)31-22(16-34-23-11-8-20(27)9-12-23)10-6-17-14-19(26(28,29)30)7-13-24(17)31/h3-9,11-15H,2,16H2,1H3. The molecular formula is C26H19F4NO3. The minimum absolute atomic E-state index is 0.00771. The molecule has 0 saturated carbocycles. The summed E-state index contributed by atoms with van der Waals surface area (Å²) in [5.74, 6) is -0.511. The molecular weight excluding hydrogens is 450 g/mol. The van der Waals surface area contributed by atoms with Gasteiger partial charge in [0.05, 0.1) is 23.4 Å². The Morgan fingerprint density at radius 3 is 2.50 bits per heavy atom. The zero-order valence-corrected chi connectivity index (χ0v) is 18.0. The van der Waals surface area contributed by atoms with Crippen LogP contribution in [0, 0.1) is 5.82 Å². The Hall–Kier alpha value is -4.03. The van der Waals surface area contributed by atoms with Gasteiger partial charge >= 0.3 is 12.1 Å². The Bertz CT molecular complexity index is 1280. The summed E-state index contributed by atoms with van der Waals surface area (Å²) < 4.78 is 63.8. The van der Waals surface area contributed by atoms with Gasteiger partial charge in [-0.2, -0.15) is 13.2 Å². The molecule has 0 saturated heterocycles. The average Bonchev–Trinajstić information content (AvgIpc) is 2.82. The molecule has 0 unspecified atom stereocenters. The number of carbonyl (C=O) groups excluding carboxylic acids is 1. The Kier molecular flexibility index (Phi) is 6.43. The third-order valence-electron chi connectivity index (χ3n) is 5.06. The highest BCUT2D eigenvalue weighted by molar-refractivity contribution is 5.91. The summed E-state index contributed by atoms with van der Waals surface area (Å²) in [6, 6.07) is 15.4. The van der Waals surface area contributed by atoms with E-state index in [2.05, 4.69) is 5.73 Å². The lowest BCUT2D eigenvalue weighted by molar-refractivity contribution is -0.137. The van der Waals surface area contributed by atoms with Gasteiger partial charge in [-0.1, -0.05) is 11.8 Å². The molecule has 1 aliphatic rings. The number of carbonyl (C=O) groups is 1. The average molecular weight is 469 g/mol. The van der Waals surface area contributed by atoms with Gasteiger partial charge in [0, 0.05) is 11.3 Å². The quantitative estimate of drug-likeness (QED) is 0.228.